The third-order valence-corrected chi connectivity index (χ3v) is 6.26. The predicted molar refractivity (Wildman–Crippen MR) is 119 cm³/mol. The third-order valence-electron chi connectivity index (χ3n) is 6.26. The van der Waals surface area contributed by atoms with Crippen LogP contribution in [0.4, 0.5) is 5.69 Å². The molecule has 0 aromatic heterocycles. The molecule has 1 aliphatic carbocycles. The molecule has 5 nitrogen and oxygen atoms in total. The van der Waals surface area contributed by atoms with E-state index >= 15 is 0 Å². The van der Waals surface area contributed by atoms with Crippen LogP contribution in [0.1, 0.15) is 12.0 Å². The van der Waals surface area contributed by atoms with E-state index in [1.54, 1.807) is 14.2 Å². The number of rotatable bonds is 4. The molecule has 1 saturated heterocycles. The van der Waals surface area contributed by atoms with Crippen LogP contribution >= 0.6 is 0 Å². The minimum atomic E-state index is -0.729. The molecule has 1 fully saturated rings. The fraction of sp³-hybridized carbons (Fsp3) is 0.360. The lowest BCUT2D eigenvalue weighted by Crippen LogP contribution is -2.36. The first-order valence-electron chi connectivity index (χ1n) is 10.5. The molecule has 0 atom stereocenters. The van der Waals surface area contributed by atoms with Gasteiger partial charge in [0, 0.05) is 56.4 Å². The fourth-order valence-electron chi connectivity index (χ4n) is 4.64. The van der Waals surface area contributed by atoms with Crippen molar-refractivity contribution in [2.24, 2.45) is 0 Å². The van der Waals surface area contributed by atoms with Gasteiger partial charge in [0.05, 0.1) is 13.2 Å². The zero-order valence-electron chi connectivity index (χ0n) is 17.5. The summed E-state index contributed by atoms with van der Waals surface area (Å²) in [6, 6.07) is 10.8. The summed E-state index contributed by atoms with van der Waals surface area (Å²) in [7, 11) is 3.38. The Bertz CT molecular complexity index is 1040. The lowest BCUT2D eigenvalue weighted by molar-refractivity contribution is -0.168. The molecule has 0 spiro atoms. The van der Waals surface area contributed by atoms with E-state index in [2.05, 4.69) is 47.4 Å². The third kappa shape index (κ3) is 3.23. The van der Waals surface area contributed by atoms with E-state index in [0.29, 0.717) is 13.0 Å². The fourth-order valence-corrected chi connectivity index (χ4v) is 4.64. The quantitative estimate of drug-likeness (QED) is 0.708. The molecule has 0 amide bonds. The monoisotopic (exact) mass is 405 g/mol. The van der Waals surface area contributed by atoms with Crippen molar-refractivity contribution in [3.63, 3.8) is 0 Å². The Kier molecular flexibility index (Phi) is 5.11. The maximum Gasteiger partial charge on any atom is 0.191 e. The number of fused-ring (bicyclic) bond motifs is 3. The molecule has 0 bridgehead atoms. The van der Waals surface area contributed by atoms with Gasteiger partial charge in [0.15, 0.2) is 5.79 Å². The zero-order valence-corrected chi connectivity index (χ0v) is 17.5. The average Bonchev–Trinajstić information content (AvgIpc) is 2.83. The number of anilines is 1. The molecule has 2 aromatic carbocycles. The van der Waals surface area contributed by atoms with E-state index in [9.17, 15) is 0 Å². The summed E-state index contributed by atoms with van der Waals surface area (Å²) in [6.45, 7) is 3.86. The minimum absolute atomic E-state index is 0.553. The van der Waals surface area contributed by atoms with Crippen molar-refractivity contribution < 1.29 is 18.9 Å². The number of allylic oxidation sites excluding steroid dienone is 3. The van der Waals surface area contributed by atoms with Crippen molar-refractivity contribution in [2.45, 2.75) is 12.2 Å². The van der Waals surface area contributed by atoms with Gasteiger partial charge in [0.1, 0.15) is 12.4 Å². The molecule has 2 aromatic rings. The van der Waals surface area contributed by atoms with Gasteiger partial charge in [-0.2, -0.15) is 0 Å². The summed E-state index contributed by atoms with van der Waals surface area (Å²) in [5.41, 5.74) is 4.75. The molecule has 30 heavy (non-hydrogen) atoms. The molecule has 2 aliphatic heterocycles. The maximum atomic E-state index is 6.15. The standard InChI is InChI=1S/C25H27NO4/c1-27-25(28-2)10-5-6-18(17-25)19-9-13-30-23-16-22(26-11-14-29-15-12-26)20-7-3-4-8-21(20)24(19)23/h3-10,16H,11-15,17H2,1-2H3. The summed E-state index contributed by atoms with van der Waals surface area (Å²) in [5, 5.41) is 2.45. The van der Waals surface area contributed by atoms with Gasteiger partial charge in [-0.05, 0) is 28.7 Å². The van der Waals surface area contributed by atoms with E-state index in [0.717, 1.165) is 37.6 Å². The summed E-state index contributed by atoms with van der Waals surface area (Å²) in [6.07, 6.45) is 8.97. The molecule has 5 heteroatoms. The minimum Gasteiger partial charge on any atom is -0.489 e. The lowest BCUT2D eigenvalue weighted by atomic mass is 9.85. The van der Waals surface area contributed by atoms with Crippen LogP contribution < -0.4 is 9.64 Å². The van der Waals surface area contributed by atoms with Crippen molar-refractivity contribution in [1.82, 2.24) is 0 Å². The van der Waals surface area contributed by atoms with Gasteiger partial charge in [0.2, 0.25) is 0 Å². The van der Waals surface area contributed by atoms with Crippen LogP contribution in [-0.4, -0.2) is 52.9 Å². The topological polar surface area (TPSA) is 40.2 Å². The zero-order chi connectivity index (χ0) is 20.6. The second kappa shape index (κ2) is 7.91. The molecule has 0 unspecified atom stereocenters. The van der Waals surface area contributed by atoms with Crippen molar-refractivity contribution in [2.75, 3.05) is 52.0 Å². The van der Waals surface area contributed by atoms with Crippen LogP contribution in [0.3, 0.4) is 0 Å². The van der Waals surface area contributed by atoms with Gasteiger partial charge in [0.25, 0.3) is 0 Å². The van der Waals surface area contributed by atoms with Crippen LogP contribution in [0.2, 0.25) is 0 Å². The normalized spacial score (nSPS) is 20.4. The van der Waals surface area contributed by atoms with Crippen LogP contribution in [0.5, 0.6) is 5.75 Å². The maximum absolute atomic E-state index is 6.15. The number of hydrogen-bond acceptors (Lipinski definition) is 5. The number of methoxy groups -OCH3 is 2. The highest BCUT2D eigenvalue weighted by atomic mass is 16.7. The van der Waals surface area contributed by atoms with E-state index in [1.165, 1.54) is 27.6 Å². The van der Waals surface area contributed by atoms with Crippen molar-refractivity contribution in [3.05, 3.63) is 65.8 Å². The predicted octanol–water partition coefficient (Wildman–Crippen LogP) is 4.33. The first kappa shape index (κ1) is 19.4. The summed E-state index contributed by atoms with van der Waals surface area (Å²) < 4.78 is 23.1. The van der Waals surface area contributed by atoms with Crippen LogP contribution in [0, 0.1) is 0 Å². The van der Waals surface area contributed by atoms with E-state index in [4.69, 9.17) is 18.9 Å². The largest absolute Gasteiger partial charge is 0.489 e. The van der Waals surface area contributed by atoms with Gasteiger partial charge < -0.3 is 23.8 Å². The highest BCUT2D eigenvalue weighted by molar-refractivity contribution is 6.06. The SMILES string of the molecule is COC1(OC)C=CC=C(C2=CCOc3cc(N4CCOCC4)c4ccccc4c32)C1. The highest BCUT2D eigenvalue weighted by Crippen LogP contribution is 2.46. The average molecular weight is 405 g/mol. The Morgan fingerprint density at radius 1 is 1.03 bits per heavy atom. The summed E-state index contributed by atoms with van der Waals surface area (Å²) in [4.78, 5) is 2.40. The van der Waals surface area contributed by atoms with E-state index < -0.39 is 5.79 Å². The first-order chi connectivity index (χ1) is 14.7. The Hall–Kier alpha value is -2.60. The van der Waals surface area contributed by atoms with Gasteiger partial charge in [-0.15, -0.1) is 0 Å². The van der Waals surface area contributed by atoms with Crippen molar-refractivity contribution in [3.8, 4) is 5.75 Å². The van der Waals surface area contributed by atoms with Gasteiger partial charge >= 0.3 is 0 Å². The lowest BCUT2D eigenvalue weighted by Gasteiger charge is -2.34. The Labute approximate surface area is 177 Å². The number of nitrogens with zero attached hydrogens (tertiary/aromatic N) is 1. The van der Waals surface area contributed by atoms with Crippen LogP contribution in [-0.2, 0) is 14.2 Å². The summed E-state index contributed by atoms with van der Waals surface area (Å²) in [5.74, 6) is 0.205. The van der Waals surface area contributed by atoms with Gasteiger partial charge in [-0.25, -0.2) is 0 Å². The number of morpholine rings is 1. The van der Waals surface area contributed by atoms with Crippen LogP contribution in [0.15, 0.2) is 60.2 Å². The smallest absolute Gasteiger partial charge is 0.191 e. The van der Waals surface area contributed by atoms with Crippen molar-refractivity contribution in [1.29, 1.82) is 0 Å². The molecule has 0 radical (unpaired) electrons. The molecule has 5 rings (SSSR count). The second-order valence-electron chi connectivity index (χ2n) is 7.79. The molecular formula is C25H27NO4. The molecule has 3 aliphatic rings. The van der Waals surface area contributed by atoms with Crippen molar-refractivity contribution >= 4 is 22.0 Å². The van der Waals surface area contributed by atoms with Crippen LogP contribution in [0.25, 0.3) is 16.3 Å². The van der Waals surface area contributed by atoms with E-state index in [-0.39, 0.29) is 0 Å². The van der Waals surface area contributed by atoms with E-state index in [1.807, 2.05) is 12.2 Å². The Balaban J connectivity index is 1.63. The van der Waals surface area contributed by atoms with Gasteiger partial charge in [-0.1, -0.05) is 36.4 Å². The molecule has 2 heterocycles. The molecular weight excluding hydrogens is 378 g/mol. The molecule has 0 saturated carbocycles. The number of ether oxygens (including phenoxy) is 4. The Morgan fingerprint density at radius 2 is 1.80 bits per heavy atom. The summed E-state index contributed by atoms with van der Waals surface area (Å²) >= 11 is 0. The second-order valence-corrected chi connectivity index (χ2v) is 7.79. The highest BCUT2D eigenvalue weighted by Gasteiger charge is 2.33. The Morgan fingerprint density at radius 3 is 2.57 bits per heavy atom. The number of benzene rings is 2. The molecule has 156 valence electrons. The molecule has 0 N–H and O–H groups in total. The number of hydrogen-bond donors (Lipinski definition) is 0. The first-order valence-corrected chi connectivity index (χ1v) is 10.5. The van der Waals surface area contributed by atoms with Gasteiger partial charge in [-0.3, -0.25) is 0 Å².